The van der Waals surface area contributed by atoms with Gasteiger partial charge in [0.05, 0.1) is 0 Å². The van der Waals surface area contributed by atoms with E-state index in [-0.39, 0.29) is 24.3 Å². The third-order valence-electron chi connectivity index (χ3n) is 2.83. The number of carbonyl (C=O) groups excluding carboxylic acids is 2. The Bertz CT molecular complexity index is 610. The van der Waals surface area contributed by atoms with E-state index in [1.165, 1.54) is 13.3 Å². The van der Waals surface area contributed by atoms with Crippen LogP contribution in [0.4, 0.5) is 8.78 Å². The summed E-state index contributed by atoms with van der Waals surface area (Å²) in [6.45, 7) is -0.415. The van der Waals surface area contributed by atoms with Gasteiger partial charge in [0.15, 0.2) is 5.78 Å². The van der Waals surface area contributed by atoms with Crippen molar-refractivity contribution in [2.24, 2.45) is 0 Å². The molecule has 0 heterocycles. The van der Waals surface area contributed by atoms with Crippen LogP contribution in [0.25, 0.3) is 0 Å². The molecule has 1 atom stereocenters. The maximum absolute atomic E-state index is 13.7. The molecule has 0 aliphatic rings. The van der Waals surface area contributed by atoms with Crippen LogP contribution in [0, 0.1) is 11.6 Å². The number of methoxy groups -OCH3 is 1. The monoisotopic (exact) mass is 344 g/mol. The SMILES string of the molecule is COCC(=O)/C(=C/N(C)C)C(=O)NCc1c(F)cc(F)cc1P. The molecule has 1 amide bonds. The summed E-state index contributed by atoms with van der Waals surface area (Å²) in [5.41, 5.74) is 0.0258. The highest BCUT2D eigenvalue weighted by molar-refractivity contribution is 7.27. The van der Waals surface area contributed by atoms with E-state index in [0.717, 1.165) is 12.1 Å². The molecule has 0 spiro atoms. The molecule has 0 saturated carbocycles. The van der Waals surface area contributed by atoms with Gasteiger partial charge < -0.3 is 15.0 Å². The summed E-state index contributed by atoms with van der Waals surface area (Å²) < 4.78 is 31.5. The average Bonchev–Trinajstić information content (AvgIpc) is 2.43. The van der Waals surface area contributed by atoms with Crippen LogP contribution in [-0.4, -0.2) is 44.4 Å². The molecule has 0 aliphatic carbocycles. The van der Waals surface area contributed by atoms with E-state index in [0.29, 0.717) is 5.30 Å². The molecule has 0 radical (unpaired) electrons. The van der Waals surface area contributed by atoms with Gasteiger partial charge in [-0.15, -0.1) is 9.24 Å². The Kier molecular flexibility index (Phi) is 7.26. The van der Waals surface area contributed by atoms with E-state index in [2.05, 4.69) is 14.6 Å². The second kappa shape index (κ2) is 8.70. The predicted molar refractivity (Wildman–Crippen MR) is 86.2 cm³/mol. The van der Waals surface area contributed by atoms with Gasteiger partial charge in [-0.1, -0.05) is 0 Å². The molecule has 23 heavy (non-hydrogen) atoms. The number of ketones is 1. The van der Waals surface area contributed by atoms with E-state index >= 15 is 0 Å². The fraction of sp³-hybridized carbons (Fsp3) is 0.333. The van der Waals surface area contributed by atoms with E-state index in [4.69, 9.17) is 4.74 Å². The smallest absolute Gasteiger partial charge is 0.256 e. The third-order valence-corrected chi connectivity index (χ3v) is 3.34. The summed E-state index contributed by atoms with van der Waals surface area (Å²) in [5, 5.41) is 2.75. The maximum atomic E-state index is 13.7. The van der Waals surface area contributed by atoms with Gasteiger partial charge in [0, 0.05) is 45.6 Å². The summed E-state index contributed by atoms with van der Waals surface area (Å²) in [4.78, 5) is 25.6. The molecule has 1 aromatic carbocycles. The number of hydrogen-bond donors (Lipinski definition) is 1. The number of carbonyl (C=O) groups is 2. The first kappa shape index (κ1) is 19.2. The Morgan fingerprint density at radius 3 is 2.52 bits per heavy atom. The number of amides is 1. The van der Waals surface area contributed by atoms with Crippen molar-refractivity contribution < 1.29 is 23.1 Å². The minimum atomic E-state index is -0.767. The van der Waals surface area contributed by atoms with E-state index in [1.807, 2.05) is 0 Å². The standard InChI is InChI=1S/C15H19F2N2O3P/c1-19(2)7-11(13(20)8-22-3)15(21)18-6-10-12(17)4-9(16)5-14(10)23/h4-5,7H,6,8,23H2,1-3H3,(H,18,21)/b11-7-. The fourth-order valence-electron chi connectivity index (χ4n) is 1.80. The molecule has 1 aromatic rings. The number of ether oxygens (including phenoxy) is 1. The molecule has 0 fully saturated rings. The summed E-state index contributed by atoms with van der Waals surface area (Å²) >= 11 is 0. The van der Waals surface area contributed by atoms with Crippen LogP contribution in [-0.2, 0) is 20.9 Å². The number of benzene rings is 1. The van der Waals surface area contributed by atoms with Crippen LogP contribution in [0.5, 0.6) is 0 Å². The molecule has 5 nitrogen and oxygen atoms in total. The molecule has 1 unspecified atom stereocenters. The molecule has 8 heteroatoms. The quantitative estimate of drug-likeness (QED) is 0.343. The highest BCUT2D eigenvalue weighted by atomic mass is 31.0. The normalized spacial score (nSPS) is 11.3. The lowest BCUT2D eigenvalue weighted by molar-refractivity contribution is -0.124. The molecular formula is C15H19F2N2O3P. The Labute approximate surface area is 135 Å². The first-order valence-electron chi connectivity index (χ1n) is 6.68. The van der Waals surface area contributed by atoms with Crippen molar-refractivity contribution in [1.82, 2.24) is 10.2 Å². The molecular weight excluding hydrogens is 325 g/mol. The van der Waals surface area contributed by atoms with Crippen molar-refractivity contribution in [2.45, 2.75) is 6.54 Å². The van der Waals surface area contributed by atoms with Crippen LogP contribution in [0.3, 0.4) is 0 Å². The van der Waals surface area contributed by atoms with Gasteiger partial charge in [0.1, 0.15) is 23.8 Å². The number of nitrogens with one attached hydrogen (secondary N) is 1. The van der Waals surface area contributed by atoms with Crippen LogP contribution >= 0.6 is 9.24 Å². The van der Waals surface area contributed by atoms with Crippen molar-refractivity contribution in [3.05, 3.63) is 41.1 Å². The summed E-state index contributed by atoms with van der Waals surface area (Å²) in [6.07, 6.45) is 1.36. The molecule has 0 saturated heterocycles. The zero-order chi connectivity index (χ0) is 17.6. The molecule has 1 rings (SSSR count). The number of hydrogen-bond acceptors (Lipinski definition) is 4. The van der Waals surface area contributed by atoms with Gasteiger partial charge in [-0.25, -0.2) is 8.78 Å². The molecule has 0 aliphatic heterocycles. The molecule has 0 bridgehead atoms. The zero-order valence-corrected chi connectivity index (χ0v) is 14.3. The molecule has 1 N–H and O–H groups in total. The number of Topliss-reactive ketones (excluding diaryl/α,β-unsaturated/α-hetero) is 1. The van der Waals surface area contributed by atoms with Crippen molar-refractivity contribution in [2.75, 3.05) is 27.8 Å². The second-order valence-electron chi connectivity index (χ2n) is 5.00. The van der Waals surface area contributed by atoms with Gasteiger partial charge >= 0.3 is 0 Å². The largest absolute Gasteiger partial charge is 0.383 e. The molecule has 0 aromatic heterocycles. The van der Waals surface area contributed by atoms with Crippen molar-refractivity contribution >= 4 is 26.2 Å². The lowest BCUT2D eigenvalue weighted by atomic mass is 10.1. The summed E-state index contributed by atoms with van der Waals surface area (Å²) in [5.74, 6) is -2.62. The number of rotatable bonds is 7. The van der Waals surface area contributed by atoms with Gasteiger partial charge in [-0.2, -0.15) is 0 Å². The van der Waals surface area contributed by atoms with Crippen LogP contribution in [0.15, 0.2) is 23.9 Å². The lowest BCUT2D eigenvalue weighted by Crippen LogP contribution is -2.32. The van der Waals surface area contributed by atoms with Gasteiger partial charge in [-0.05, 0) is 11.4 Å². The Hall–Kier alpha value is -1.85. The predicted octanol–water partition coefficient (Wildman–Crippen LogP) is 0.742. The van der Waals surface area contributed by atoms with Crippen molar-refractivity contribution in [1.29, 1.82) is 0 Å². The van der Waals surface area contributed by atoms with Gasteiger partial charge in [-0.3, -0.25) is 9.59 Å². The van der Waals surface area contributed by atoms with E-state index in [9.17, 15) is 18.4 Å². The zero-order valence-electron chi connectivity index (χ0n) is 13.2. The average molecular weight is 344 g/mol. The number of nitrogens with zero attached hydrogens (tertiary/aromatic N) is 1. The van der Waals surface area contributed by atoms with Crippen molar-refractivity contribution in [3.8, 4) is 0 Å². The Morgan fingerprint density at radius 1 is 1.35 bits per heavy atom. The minimum Gasteiger partial charge on any atom is -0.383 e. The number of halogens is 2. The maximum Gasteiger partial charge on any atom is 0.256 e. The molecule has 126 valence electrons. The highest BCUT2D eigenvalue weighted by Gasteiger charge is 2.19. The highest BCUT2D eigenvalue weighted by Crippen LogP contribution is 2.10. The first-order chi connectivity index (χ1) is 10.8. The topological polar surface area (TPSA) is 58.6 Å². The first-order valence-corrected chi connectivity index (χ1v) is 7.26. The lowest BCUT2D eigenvalue weighted by Gasteiger charge is -2.13. The summed E-state index contributed by atoms with van der Waals surface area (Å²) in [6, 6.07) is 1.88. The fourth-order valence-corrected chi connectivity index (χ4v) is 2.20. The van der Waals surface area contributed by atoms with Crippen molar-refractivity contribution in [3.63, 3.8) is 0 Å². The van der Waals surface area contributed by atoms with E-state index in [1.54, 1.807) is 19.0 Å². The second-order valence-corrected chi connectivity index (χ2v) is 5.62. The van der Waals surface area contributed by atoms with E-state index < -0.39 is 23.3 Å². The van der Waals surface area contributed by atoms with Crippen LogP contribution in [0.1, 0.15) is 5.56 Å². The van der Waals surface area contributed by atoms with Crippen LogP contribution in [0.2, 0.25) is 0 Å². The minimum absolute atomic E-state index is 0.107. The summed E-state index contributed by atoms with van der Waals surface area (Å²) in [7, 11) is 6.87. The van der Waals surface area contributed by atoms with Crippen LogP contribution < -0.4 is 10.6 Å². The Balaban J connectivity index is 2.90. The van der Waals surface area contributed by atoms with Gasteiger partial charge in [0.2, 0.25) is 0 Å². The third kappa shape index (κ3) is 5.69. The van der Waals surface area contributed by atoms with Gasteiger partial charge in [0.25, 0.3) is 5.91 Å². The Morgan fingerprint density at radius 2 is 2.00 bits per heavy atom.